The van der Waals surface area contributed by atoms with E-state index in [0.29, 0.717) is 17.6 Å². The molecule has 2 aliphatic rings. The highest BCUT2D eigenvalue weighted by Crippen LogP contribution is 2.22. The molecule has 1 amide bonds. The van der Waals surface area contributed by atoms with Crippen LogP contribution in [0.3, 0.4) is 0 Å². The van der Waals surface area contributed by atoms with E-state index in [1.165, 1.54) is 6.42 Å². The zero-order valence-corrected chi connectivity index (χ0v) is 14.4. The van der Waals surface area contributed by atoms with E-state index in [1.807, 2.05) is 4.90 Å². The Balaban J connectivity index is 1.60. The second kappa shape index (κ2) is 8.39. The number of carbonyl (C=O) groups excluding carboxylic acids is 1. The van der Waals surface area contributed by atoms with Gasteiger partial charge in [0.15, 0.2) is 0 Å². The van der Waals surface area contributed by atoms with Crippen LogP contribution in [0.5, 0.6) is 0 Å². The van der Waals surface area contributed by atoms with E-state index in [-0.39, 0.29) is 5.91 Å². The first kappa shape index (κ1) is 17.1. The van der Waals surface area contributed by atoms with Crippen LogP contribution in [0.4, 0.5) is 5.95 Å². The van der Waals surface area contributed by atoms with Gasteiger partial charge in [0.05, 0.1) is 18.8 Å². The van der Waals surface area contributed by atoms with E-state index in [4.69, 9.17) is 4.74 Å². The Labute approximate surface area is 143 Å². The van der Waals surface area contributed by atoms with E-state index in [2.05, 4.69) is 20.2 Å². The molecule has 0 aromatic carbocycles. The van der Waals surface area contributed by atoms with Crippen LogP contribution in [0.2, 0.25) is 0 Å². The minimum absolute atomic E-state index is 0.0596. The van der Waals surface area contributed by atoms with Crippen molar-refractivity contribution in [1.29, 1.82) is 0 Å². The van der Waals surface area contributed by atoms with Crippen molar-refractivity contribution in [1.82, 2.24) is 19.8 Å². The molecule has 7 nitrogen and oxygen atoms in total. The predicted octanol–water partition coefficient (Wildman–Crippen LogP) is 1.24. The van der Waals surface area contributed by atoms with Crippen LogP contribution >= 0.6 is 0 Å². The molecule has 24 heavy (non-hydrogen) atoms. The molecule has 7 heteroatoms. The number of amides is 1. The zero-order valence-electron chi connectivity index (χ0n) is 14.4. The topological polar surface area (TPSA) is 70.6 Å². The summed E-state index contributed by atoms with van der Waals surface area (Å²) in [4.78, 5) is 25.6. The molecule has 0 aliphatic carbocycles. The predicted molar refractivity (Wildman–Crippen MR) is 92.1 cm³/mol. The average Bonchev–Trinajstić information content (AvgIpc) is 2.67. The third-order valence-electron chi connectivity index (χ3n) is 4.89. The van der Waals surface area contributed by atoms with Gasteiger partial charge in [-0.2, -0.15) is 0 Å². The first-order chi connectivity index (χ1) is 11.8. The molecule has 1 aromatic rings. The third-order valence-corrected chi connectivity index (χ3v) is 4.89. The fourth-order valence-corrected chi connectivity index (χ4v) is 3.46. The van der Waals surface area contributed by atoms with Gasteiger partial charge in [-0.1, -0.05) is 0 Å². The van der Waals surface area contributed by atoms with Gasteiger partial charge in [0.2, 0.25) is 5.95 Å². The van der Waals surface area contributed by atoms with Crippen molar-refractivity contribution < 1.29 is 9.53 Å². The highest BCUT2D eigenvalue weighted by molar-refractivity contribution is 5.94. The fourth-order valence-electron chi connectivity index (χ4n) is 3.46. The summed E-state index contributed by atoms with van der Waals surface area (Å²) in [7, 11) is 1.77. The van der Waals surface area contributed by atoms with Gasteiger partial charge in [0.25, 0.3) is 5.91 Å². The Morgan fingerprint density at radius 1 is 1.25 bits per heavy atom. The lowest BCUT2D eigenvalue weighted by Gasteiger charge is -2.37. The summed E-state index contributed by atoms with van der Waals surface area (Å²) in [5.74, 6) is 0.596. The molecular formula is C17H27N5O2. The molecule has 0 saturated carbocycles. The number of ether oxygens (including phenoxy) is 1. The number of nitrogens with zero attached hydrogens (tertiary/aromatic N) is 4. The van der Waals surface area contributed by atoms with Crippen molar-refractivity contribution in [3.63, 3.8) is 0 Å². The molecule has 1 aromatic heterocycles. The number of piperidine rings is 1. The number of hydrogen-bond acceptors (Lipinski definition) is 6. The Morgan fingerprint density at radius 3 is 2.71 bits per heavy atom. The minimum Gasteiger partial charge on any atom is -0.379 e. The van der Waals surface area contributed by atoms with Gasteiger partial charge in [-0.25, -0.2) is 9.97 Å². The molecule has 3 rings (SSSR count). The molecule has 0 bridgehead atoms. The molecule has 0 spiro atoms. The number of anilines is 1. The van der Waals surface area contributed by atoms with Gasteiger partial charge in [-0.3, -0.25) is 9.69 Å². The van der Waals surface area contributed by atoms with Gasteiger partial charge >= 0.3 is 0 Å². The monoisotopic (exact) mass is 333 g/mol. The molecular weight excluding hydrogens is 306 g/mol. The number of nitrogens with one attached hydrogen (secondary N) is 1. The highest BCUT2D eigenvalue weighted by Gasteiger charge is 2.28. The van der Waals surface area contributed by atoms with Gasteiger partial charge < -0.3 is 15.0 Å². The minimum atomic E-state index is 0.0596. The van der Waals surface area contributed by atoms with Gasteiger partial charge in [0, 0.05) is 51.7 Å². The first-order valence-electron chi connectivity index (χ1n) is 8.89. The normalized spacial score (nSPS) is 22.4. The van der Waals surface area contributed by atoms with Crippen LogP contribution in [0.15, 0.2) is 12.4 Å². The molecule has 2 aliphatic heterocycles. The SMILES string of the molecule is CNc1ncc(C(=O)N2CCCCC2CCN2CCOCC2)cn1. The molecule has 2 fully saturated rings. The van der Waals surface area contributed by atoms with E-state index >= 15 is 0 Å². The van der Waals surface area contributed by atoms with Gasteiger partial charge in [0.1, 0.15) is 0 Å². The van der Waals surface area contributed by atoms with E-state index in [9.17, 15) is 4.79 Å². The second-order valence-corrected chi connectivity index (χ2v) is 6.44. The lowest BCUT2D eigenvalue weighted by molar-refractivity contribution is 0.0295. The van der Waals surface area contributed by atoms with Crippen LogP contribution in [0.1, 0.15) is 36.0 Å². The first-order valence-corrected chi connectivity index (χ1v) is 8.89. The Morgan fingerprint density at radius 2 is 2.00 bits per heavy atom. The maximum Gasteiger partial charge on any atom is 0.257 e. The largest absolute Gasteiger partial charge is 0.379 e. The lowest BCUT2D eigenvalue weighted by Crippen LogP contribution is -2.46. The Kier molecular flexibility index (Phi) is 5.98. The number of hydrogen-bond donors (Lipinski definition) is 1. The summed E-state index contributed by atoms with van der Waals surface area (Å²) in [6.07, 6.45) is 7.64. The number of carbonyl (C=O) groups is 1. The van der Waals surface area contributed by atoms with E-state index in [1.54, 1.807) is 19.4 Å². The van der Waals surface area contributed by atoms with Crippen LogP contribution in [-0.2, 0) is 4.74 Å². The quantitative estimate of drug-likeness (QED) is 0.874. The molecule has 1 N–H and O–H groups in total. The molecule has 3 heterocycles. The van der Waals surface area contributed by atoms with Gasteiger partial charge in [-0.05, 0) is 25.7 Å². The summed E-state index contributed by atoms with van der Waals surface area (Å²) < 4.78 is 5.40. The standard InChI is InChI=1S/C17H27N5O2/c1-18-17-19-12-14(13-20-17)16(23)22-6-3-2-4-15(22)5-7-21-8-10-24-11-9-21/h12-13,15H,2-11H2,1H3,(H,18,19,20). The number of aromatic nitrogens is 2. The van der Waals surface area contributed by atoms with Crippen molar-refractivity contribution in [2.24, 2.45) is 0 Å². The second-order valence-electron chi connectivity index (χ2n) is 6.44. The molecule has 2 saturated heterocycles. The van der Waals surface area contributed by atoms with E-state index in [0.717, 1.165) is 58.7 Å². The number of likely N-dealkylation sites (tertiary alicyclic amines) is 1. The number of morpholine rings is 1. The van der Waals surface area contributed by atoms with Crippen molar-refractivity contribution in [3.05, 3.63) is 18.0 Å². The Bertz CT molecular complexity index is 530. The van der Waals surface area contributed by atoms with Crippen molar-refractivity contribution in [2.45, 2.75) is 31.7 Å². The summed E-state index contributed by atoms with van der Waals surface area (Å²) in [5.41, 5.74) is 0.576. The van der Waals surface area contributed by atoms with Crippen LogP contribution in [0.25, 0.3) is 0 Å². The van der Waals surface area contributed by atoms with Gasteiger partial charge in [-0.15, -0.1) is 0 Å². The maximum absolute atomic E-state index is 12.9. The summed E-state index contributed by atoms with van der Waals surface area (Å²) in [6.45, 7) is 5.51. The van der Waals surface area contributed by atoms with Crippen LogP contribution < -0.4 is 5.32 Å². The lowest BCUT2D eigenvalue weighted by atomic mass is 9.98. The average molecular weight is 333 g/mol. The maximum atomic E-state index is 12.9. The smallest absolute Gasteiger partial charge is 0.257 e. The van der Waals surface area contributed by atoms with Crippen LogP contribution in [0, 0.1) is 0 Å². The fraction of sp³-hybridized carbons (Fsp3) is 0.706. The van der Waals surface area contributed by atoms with E-state index < -0.39 is 0 Å². The summed E-state index contributed by atoms with van der Waals surface area (Å²) in [6, 6.07) is 0.318. The summed E-state index contributed by atoms with van der Waals surface area (Å²) in [5, 5.41) is 2.88. The molecule has 132 valence electrons. The zero-order chi connectivity index (χ0) is 16.8. The van der Waals surface area contributed by atoms with Crippen LogP contribution in [-0.4, -0.2) is 78.2 Å². The third kappa shape index (κ3) is 4.21. The molecule has 1 unspecified atom stereocenters. The summed E-state index contributed by atoms with van der Waals surface area (Å²) >= 11 is 0. The van der Waals surface area contributed by atoms with Crippen molar-refractivity contribution in [3.8, 4) is 0 Å². The number of rotatable bonds is 5. The Hall–Kier alpha value is -1.73. The van der Waals surface area contributed by atoms with Crippen molar-refractivity contribution >= 4 is 11.9 Å². The molecule has 0 radical (unpaired) electrons. The molecule has 1 atom stereocenters. The highest BCUT2D eigenvalue weighted by atomic mass is 16.5. The van der Waals surface area contributed by atoms with Crippen molar-refractivity contribution in [2.75, 3.05) is 51.8 Å².